The molecule has 0 saturated carbocycles. The highest BCUT2D eigenvalue weighted by atomic mass is 32.1. The van der Waals surface area contributed by atoms with E-state index in [-0.39, 0.29) is 5.56 Å². The minimum absolute atomic E-state index is 0.133. The molecule has 3 nitrogen and oxygen atoms in total. The lowest BCUT2D eigenvalue weighted by atomic mass is 10.1. The van der Waals surface area contributed by atoms with Crippen molar-refractivity contribution in [2.24, 2.45) is 5.73 Å². The molecule has 0 spiro atoms. The van der Waals surface area contributed by atoms with Crippen molar-refractivity contribution in [3.05, 3.63) is 41.0 Å². The zero-order valence-corrected chi connectivity index (χ0v) is 8.42. The summed E-state index contributed by atoms with van der Waals surface area (Å²) in [5.74, 6) is -0.792. The van der Waals surface area contributed by atoms with Crippen LogP contribution in [0.25, 0.3) is 11.3 Å². The third kappa shape index (κ3) is 1.73. The van der Waals surface area contributed by atoms with Crippen LogP contribution in [0.2, 0.25) is 0 Å². The second kappa shape index (κ2) is 3.78. The number of nitrogens with zero attached hydrogens (tertiary/aromatic N) is 1. The Morgan fingerprint density at radius 1 is 1.33 bits per heavy atom. The smallest absolute Gasteiger partial charge is 0.254 e. The standard InChI is InChI=1S/C10H7FN2OS/c11-9-7(10(12)14)8(13-15-9)6-4-2-1-3-5-6/h1-5H,(H2,12,14). The molecule has 1 amide bonds. The minimum Gasteiger partial charge on any atom is -0.365 e. The van der Waals surface area contributed by atoms with Gasteiger partial charge in [-0.2, -0.15) is 8.76 Å². The van der Waals surface area contributed by atoms with E-state index in [2.05, 4.69) is 4.37 Å². The van der Waals surface area contributed by atoms with Crippen molar-refractivity contribution in [3.8, 4) is 11.3 Å². The highest BCUT2D eigenvalue weighted by Gasteiger charge is 2.19. The molecule has 2 aromatic rings. The van der Waals surface area contributed by atoms with Gasteiger partial charge in [0.2, 0.25) is 5.13 Å². The number of rotatable bonds is 2. The van der Waals surface area contributed by atoms with Crippen LogP contribution in [0.3, 0.4) is 0 Å². The first-order valence-electron chi connectivity index (χ1n) is 4.20. The monoisotopic (exact) mass is 222 g/mol. The van der Waals surface area contributed by atoms with Crippen LogP contribution < -0.4 is 5.73 Å². The molecule has 2 N–H and O–H groups in total. The van der Waals surface area contributed by atoms with Gasteiger partial charge in [0.15, 0.2) is 0 Å². The molecule has 0 radical (unpaired) electrons. The van der Waals surface area contributed by atoms with Gasteiger partial charge in [0.05, 0.1) is 5.69 Å². The fraction of sp³-hybridized carbons (Fsp3) is 0. The first-order chi connectivity index (χ1) is 7.20. The van der Waals surface area contributed by atoms with E-state index in [9.17, 15) is 9.18 Å². The van der Waals surface area contributed by atoms with E-state index < -0.39 is 11.0 Å². The van der Waals surface area contributed by atoms with Gasteiger partial charge in [0, 0.05) is 5.56 Å². The average Bonchev–Trinajstić information content (AvgIpc) is 2.61. The van der Waals surface area contributed by atoms with Crippen LogP contribution in [0.5, 0.6) is 0 Å². The predicted molar refractivity (Wildman–Crippen MR) is 56.0 cm³/mol. The summed E-state index contributed by atoms with van der Waals surface area (Å²) in [5, 5.41) is -0.638. The Hall–Kier alpha value is -1.75. The summed E-state index contributed by atoms with van der Waals surface area (Å²) >= 11 is 0.637. The summed E-state index contributed by atoms with van der Waals surface area (Å²) in [6.07, 6.45) is 0. The van der Waals surface area contributed by atoms with Crippen molar-refractivity contribution in [2.45, 2.75) is 0 Å². The molecule has 1 aromatic heterocycles. The molecule has 0 aliphatic carbocycles. The molecular weight excluding hydrogens is 215 g/mol. The lowest BCUT2D eigenvalue weighted by Gasteiger charge is -1.98. The Balaban J connectivity index is 2.59. The first kappa shape index (κ1) is 9.79. The molecule has 0 bridgehead atoms. The lowest BCUT2D eigenvalue weighted by Crippen LogP contribution is -2.12. The quantitative estimate of drug-likeness (QED) is 0.845. The highest BCUT2D eigenvalue weighted by molar-refractivity contribution is 7.04. The summed E-state index contributed by atoms with van der Waals surface area (Å²) < 4.78 is 17.1. The first-order valence-corrected chi connectivity index (χ1v) is 4.98. The van der Waals surface area contributed by atoms with E-state index >= 15 is 0 Å². The maximum Gasteiger partial charge on any atom is 0.254 e. The molecule has 1 heterocycles. The summed E-state index contributed by atoms with van der Waals surface area (Å²) in [6, 6.07) is 8.91. The second-order valence-corrected chi connectivity index (χ2v) is 3.63. The van der Waals surface area contributed by atoms with Gasteiger partial charge in [-0.15, -0.1) is 0 Å². The minimum atomic E-state index is -0.792. The number of carbonyl (C=O) groups excluding carboxylic acids is 1. The van der Waals surface area contributed by atoms with Crippen LogP contribution in [0.15, 0.2) is 30.3 Å². The van der Waals surface area contributed by atoms with E-state index in [1.54, 1.807) is 24.3 Å². The molecular formula is C10H7FN2OS. The Bertz CT molecular complexity index is 495. The van der Waals surface area contributed by atoms with Gasteiger partial charge in [-0.3, -0.25) is 4.79 Å². The fourth-order valence-electron chi connectivity index (χ4n) is 1.28. The van der Waals surface area contributed by atoms with Crippen LogP contribution in [0.1, 0.15) is 10.4 Å². The van der Waals surface area contributed by atoms with Gasteiger partial charge in [-0.05, 0) is 11.5 Å². The third-order valence-electron chi connectivity index (χ3n) is 1.94. The molecule has 1 aromatic carbocycles. The molecule has 2 rings (SSSR count). The summed E-state index contributed by atoms with van der Waals surface area (Å²) in [5.41, 5.74) is 5.95. The second-order valence-electron chi connectivity index (χ2n) is 2.91. The molecule has 0 saturated heterocycles. The maximum absolute atomic E-state index is 13.2. The van der Waals surface area contributed by atoms with Crippen LogP contribution in [-0.2, 0) is 0 Å². The van der Waals surface area contributed by atoms with Crippen LogP contribution in [0, 0.1) is 5.13 Å². The fourth-order valence-corrected chi connectivity index (χ4v) is 1.93. The summed E-state index contributed by atoms with van der Waals surface area (Å²) in [6.45, 7) is 0. The van der Waals surface area contributed by atoms with Crippen molar-refractivity contribution in [2.75, 3.05) is 0 Å². The molecule has 5 heteroatoms. The summed E-state index contributed by atoms with van der Waals surface area (Å²) in [7, 11) is 0. The van der Waals surface area contributed by atoms with E-state index in [0.29, 0.717) is 22.8 Å². The van der Waals surface area contributed by atoms with E-state index in [1.165, 1.54) is 0 Å². The van der Waals surface area contributed by atoms with Crippen molar-refractivity contribution in [1.29, 1.82) is 0 Å². The number of aromatic nitrogens is 1. The number of halogens is 1. The van der Waals surface area contributed by atoms with E-state index in [1.807, 2.05) is 6.07 Å². The lowest BCUT2D eigenvalue weighted by molar-refractivity contribution is 0.0998. The summed E-state index contributed by atoms with van der Waals surface area (Å²) in [4.78, 5) is 11.0. The van der Waals surface area contributed by atoms with Gasteiger partial charge in [-0.25, -0.2) is 0 Å². The third-order valence-corrected chi connectivity index (χ3v) is 2.58. The number of amides is 1. The van der Waals surface area contributed by atoms with Crippen molar-refractivity contribution < 1.29 is 9.18 Å². The van der Waals surface area contributed by atoms with Crippen LogP contribution >= 0.6 is 11.5 Å². The number of hydrogen-bond donors (Lipinski definition) is 1. The molecule has 0 atom stereocenters. The molecule has 0 aliphatic rings. The Morgan fingerprint density at radius 2 is 2.00 bits per heavy atom. The van der Waals surface area contributed by atoms with Gasteiger partial charge in [-0.1, -0.05) is 30.3 Å². The number of benzene rings is 1. The normalized spacial score (nSPS) is 10.2. The van der Waals surface area contributed by atoms with Crippen LogP contribution in [-0.4, -0.2) is 10.3 Å². The highest BCUT2D eigenvalue weighted by Crippen LogP contribution is 2.26. The Kier molecular flexibility index (Phi) is 2.47. The van der Waals surface area contributed by atoms with Gasteiger partial charge < -0.3 is 5.73 Å². The SMILES string of the molecule is NC(=O)c1c(-c2ccccc2)nsc1F. The predicted octanol–water partition coefficient (Wildman–Crippen LogP) is 2.05. The van der Waals surface area contributed by atoms with Gasteiger partial charge >= 0.3 is 0 Å². The molecule has 76 valence electrons. The van der Waals surface area contributed by atoms with Gasteiger partial charge in [0.25, 0.3) is 5.91 Å². The Labute approximate surface area is 89.5 Å². The molecule has 0 fully saturated rings. The zero-order valence-electron chi connectivity index (χ0n) is 7.61. The largest absolute Gasteiger partial charge is 0.365 e. The molecule has 0 aliphatic heterocycles. The number of primary amides is 1. The number of nitrogens with two attached hydrogens (primary N) is 1. The Morgan fingerprint density at radius 3 is 2.60 bits per heavy atom. The van der Waals surface area contributed by atoms with Crippen molar-refractivity contribution in [3.63, 3.8) is 0 Å². The molecule has 15 heavy (non-hydrogen) atoms. The van der Waals surface area contributed by atoms with Gasteiger partial charge in [0.1, 0.15) is 5.56 Å². The maximum atomic E-state index is 13.2. The zero-order chi connectivity index (χ0) is 10.8. The molecule has 0 unspecified atom stereocenters. The van der Waals surface area contributed by atoms with E-state index in [4.69, 9.17) is 5.73 Å². The van der Waals surface area contributed by atoms with Crippen molar-refractivity contribution >= 4 is 17.4 Å². The number of carbonyl (C=O) groups is 1. The topological polar surface area (TPSA) is 56.0 Å². The van der Waals surface area contributed by atoms with Crippen molar-refractivity contribution in [1.82, 2.24) is 4.37 Å². The average molecular weight is 222 g/mol. The number of hydrogen-bond acceptors (Lipinski definition) is 3. The van der Waals surface area contributed by atoms with E-state index in [0.717, 1.165) is 0 Å². The van der Waals surface area contributed by atoms with Crippen LogP contribution in [0.4, 0.5) is 4.39 Å².